The summed E-state index contributed by atoms with van der Waals surface area (Å²) in [5.74, 6) is 5.27. The van der Waals surface area contributed by atoms with Gasteiger partial charge in [0, 0.05) is 42.9 Å². The maximum Gasteiger partial charge on any atom is 0.269 e. The second-order valence-electron chi connectivity index (χ2n) is 5.57. The fourth-order valence-corrected chi connectivity index (χ4v) is 2.06. The number of hydrogen-bond donors (Lipinski definition) is 1. The first-order valence-electron chi connectivity index (χ1n) is 7.71. The summed E-state index contributed by atoms with van der Waals surface area (Å²) in [7, 11) is 3.37. The number of rotatable bonds is 4. The minimum absolute atomic E-state index is 0.0717. The molecule has 0 aromatic heterocycles. The molecule has 0 bridgehead atoms. The predicted molar refractivity (Wildman–Crippen MR) is 96.8 cm³/mol. The van der Waals surface area contributed by atoms with Crippen molar-refractivity contribution in [3.05, 3.63) is 75.3 Å². The van der Waals surface area contributed by atoms with Gasteiger partial charge in [-0.3, -0.25) is 19.7 Å². The van der Waals surface area contributed by atoms with Gasteiger partial charge in [0.05, 0.1) is 11.5 Å². The maximum atomic E-state index is 11.9. The average molecular weight is 351 g/mol. The van der Waals surface area contributed by atoms with E-state index in [2.05, 4.69) is 17.2 Å². The third kappa shape index (κ3) is 4.92. The van der Waals surface area contributed by atoms with Crippen LogP contribution in [0, 0.1) is 22.0 Å². The van der Waals surface area contributed by atoms with Crippen LogP contribution < -0.4 is 5.32 Å². The summed E-state index contributed by atoms with van der Waals surface area (Å²) < 4.78 is 0. The molecule has 7 nitrogen and oxygen atoms in total. The van der Waals surface area contributed by atoms with Crippen molar-refractivity contribution >= 4 is 17.5 Å². The van der Waals surface area contributed by atoms with Gasteiger partial charge in [0.25, 0.3) is 17.5 Å². The van der Waals surface area contributed by atoms with Crippen molar-refractivity contribution in [2.24, 2.45) is 0 Å². The summed E-state index contributed by atoms with van der Waals surface area (Å²) in [6, 6.07) is 12.2. The highest BCUT2D eigenvalue weighted by molar-refractivity contribution is 5.94. The molecule has 0 saturated carbocycles. The third-order valence-corrected chi connectivity index (χ3v) is 3.45. The Morgan fingerprint density at radius 2 is 1.62 bits per heavy atom. The molecule has 2 aromatic carbocycles. The second kappa shape index (κ2) is 8.44. The molecular weight excluding hydrogens is 334 g/mol. The monoisotopic (exact) mass is 351 g/mol. The quantitative estimate of drug-likeness (QED) is 0.518. The molecule has 0 aliphatic carbocycles. The zero-order valence-corrected chi connectivity index (χ0v) is 14.4. The summed E-state index contributed by atoms with van der Waals surface area (Å²) in [6.45, 7) is 0.133. The van der Waals surface area contributed by atoms with E-state index in [1.807, 2.05) is 0 Å². The van der Waals surface area contributed by atoms with Crippen LogP contribution in [-0.4, -0.2) is 42.3 Å². The molecule has 0 aliphatic heterocycles. The standard InChI is InChI=1S/C19H17N3O4/c1-21(2)19(24)16-7-5-14(6-8-16)4-3-13-20-18(23)15-9-11-17(12-10-15)22(25)26/h5-12H,13H2,1-2H3,(H,20,23). The third-order valence-electron chi connectivity index (χ3n) is 3.45. The highest BCUT2D eigenvalue weighted by Gasteiger charge is 2.08. The van der Waals surface area contributed by atoms with E-state index in [4.69, 9.17) is 0 Å². The largest absolute Gasteiger partial charge is 0.345 e. The SMILES string of the molecule is CN(C)C(=O)c1ccc(C#CCNC(=O)c2ccc([N+](=O)[O-])cc2)cc1. The normalized spacial score (nSPS) is 9.62. The molecule has 0 heterocycles. The van der Waals surface area contributed by atoms with Gasteiger partial charge in [-0.2, -0.15) is 0 Å². The van der Waals surface area contributed by atoms with Gasteiger partial charge in [-0.05, 0) is 36.4 Å². The number of carbonyl (C=O) groups is 2. The number of non-ortho nitro benzene ring substituents is 1. The fraction of sp³-hybridized carbons (Fsp3) is 0.158. The second-order valence-corrected chi connectivity index (χ2v) is 5.57. The van der Waals surface area contributed by atoms with Gasteiger partial charge in [0.2, 0.25) is 0 Å². The lowest BCUT2D eigenvalue weighted by atomic mass is 10.1. The van der Waals surface area contributed by atoms with Crippen molar-refractivity contribution < 1.29 is 14.5 Å². The van der Waals surface area contributed by atoms with Crippen molar-refractivity contribution in [2.75, 3.05) is 20.6 Å². The van der Waals surface area contributed by atoms with Gasteiger partial charge in [-0.1, -0.05) is 11.8 Å². The Kier molecular flexibility index (Phi) is 6.06. The molecule has 0 saturated heterocycles. The first-order chi connectivity index (χ1) is 12.4. The lowest BCUT2D eigenvalue weighted by Gasteiger charge is -2.09. The Labute approximate surface area is 150 Å². The van der Waals surface area contributed by atoms with Gasteiger partial charge in [-0.25, -0.2) is 0 Å². The van der Waals surface area contributed by atoms with E-state index in [0.29, 0.717) is 11.1 Å². The van der Waals surface area contributed by atoms with E-state index in [9.17, 15) is 19.7 Å². The zero-order valence-electron chi connectivity index (χ0n) is 14.4. The summed E-state index contributed by atoms with van der Waals surface area (Å²) in [6.07, 6.45) is 0. The average Bonchev–Trinajstić information content (AvgIpc) is 2.65. The van der Waals surface area contributed by atoms with Crippen LogP contribution in [0.1, 0.15) is 26.3 Å². The number of nitro benzene ring substituents is 1. The molecule has 2 amide bonds. The highest BCUT2D eigenvalue weighted by atomic mass is 16.6. The van der Waals surface area contributed by atoms with Crippen molar-refractivity contribution in [1.29, 1.82) is 0 Å². The van der Waals surface area contributed by atoms with Gasteiger partial charge in [0.15, 0.2) is 0 Å². The number of carbonyl (C=O) groups excluding carboxylic acids is 2. The summed E-state index contributed by atoms with van der Waals surface area (Å²) in [5.41, 5.74) is 1.55. The molecule has 2 aromatic rings. The molecule has 0 aliphatic rings. The van der Waals surface area contributed by atoms with Crippen LogP contribution in [-0.2, 0) is 0 Å². The maximum absolute atomic E-state index is 11.9. The Morgan fingerprint density at radius 1 is 1.04 bits per heavy atom. The first kappa shape index (κ1) is 18.7. The van der Waals surface area contributed by atoms with Gasteiger partial charge < -0.3 is 10.2 Å². The Bertz CT molecular complexity index is 876. The van der Waals surface area contributed by atoms with Crippen molar-refractivity contribution in [2.45, 2.75) is 0 Å². The molecular formula is C19H17N3O4. The number of hydrogen-bond acceptors (Lipinski definition) is 4. The van der Waals surface area contributed by atoms with Gasteiger partial charge >= 0.3 is 0 Å². The minimum Gasteiger partial charge on any atom is -0.345 e. The topological polar surface area (TPSA) is 92.6 Å². The van der Waals surface area contributed by atoms with E-state index in [0.717, 1.165) is 5.56 Å². The lowest BCUT2D eigenvalue weighted by molar-refractivity contribution is -0.384. The Morgan fingerprint density at radius 3 is 2.15 bits per heavy atom. The van der Waals surface area contributed by atoms with Gasteiger partial charge in [-0.15, -0.1) is 0 Å². The summed E-state index contributed by atoms with van der Waals surface area (Å²) >= 11 is 0. The molecule has 132 valence electrons. The van der Waals surface area contributed by atoms with Crippen molar-refractivity contribution in [3.8, 4) is 11.8 Å². The molecule has 0 fully saturated rings. The minimum atomic E-state index is -0.523. The number of benzene rings is 2. The molecule has 1 N–H and O–H groups in total. The highest BCUT2D eigenvalue weighted by Crippen LogP contribution is 2.11. The number of amides is 2. The molecule has 0 spiro atoms. The van der Waals surface area contributed by atoms with Crippen LogP contribution in [0.2, 0.25) is 0 Å². The van der Waals surface area contributed by atoms with Crippen LogP contribution in [0.4, 0.5) is 5.69 Å². The number of nitrogens with one attached hydrogen (secondary N) is 1. The van der Waals surface area contributed by atoms with Crippen LogP contribution in [0.3, 0.4) is 0 Å². The molecule has 0 radical (unpaired) electrons. The van der Waals surface area contributed by atoms with E-state index in [-0.39, 0.29) is 24.0 Å². The molecule has 0 atom stereocenters. The Hall–Kier alpha value is -3.66. The van der Waals surface area contributed by atoms with E-state index in [1.54, 1.807) is 38.4 Å². The van der Waals surface area contributed by atoms with Gasteiger partial charge in [0.1, 0.15) is 0 Å². The van der Waals surface area contributed by atoms with E-state index < -0.39 is 4.92 Å². The molecule has 2 rings (SSSR count). The van der Waals surface area contributed by atoms with Crippen LogP contribution in [0.15, 0.2) is 48.5 Å². The first-order valence-corrected chi connectivity index (χ1v) is 7.71. The van der Waals surface area contributed by atoms with E-state index >= 15 is 0 Å². The smallest absolute Gasteiger partial charge is 0.269 e. The molecule has 0 unspecified atom stereocenters. The van der Waals surface area contributed by atoms with Crippen molar-refractivity contribution in [1.82, 2.24) is 10.2 Å². The van der Waals surface area contributed by atoms with Crippen molar-refractivity contribution in [3.63, 3.8) is 0 Å². The lowest BCUT2D eigenvalue weighted by Crippen LogP contribution is -2.23. The predicted octanol–water partition coefficient (Wildman–Crippen LogP) is 2.08. The molecule has 7 heteroatoms. The number of nitrogens with zero attached hydrogens (tertiary/aromatic N) is 2. The van der Waals surface area contributed by atoms with Crippen LogP contribution in [0.5, 0.6) is 0 Å². The molecule has 26 heavy (non-hydrogen) atoms. The fourth-order valence-electron chi connectivity index (χ4n) is 2.06. The van der Waals surface area contributed by atoms with Crippen LogP contribution in [0.25, 0.3) is 0 Å². The summed E-state index contributed by atoms with van der Waals surface area (Å²) in [5, 5.41) is 13.2. The van der Waals surface area contributed by atoms with E-state index in [1.165, 1.54) is 29.2 Å². The Balaban J connectivity index is 1.90. The zero-order chi connectivity index (χ0) is 19.1. The number of nitro groups is 1. The van der Waals surface area contributed by atoms with Crippen LogP contribution >= 0.6 is 0 Å². The summed E-state index contributed by atoms with van der Waals surface area (Å²) in [4.78, 5) is 35.3.